The van der Waals surface area contributed by atoms with Crippen LogP contribution in [0, 0.1) is 6.92 Å². The minimum atomic E-state index is 0.779. The van der Waals surface area contributed by atoms with Gasteiger partial charge < -0.3 is 4.57 Å². The monoisotopic (exact) mass is 221 g/mol. The zero-order valence-corrected chi connectivity index (χ0v) is 9.49. The summed E-state index contributed by atoms with van der Waals surface area (Å²) in [6.07, 6.45) is 1.74. The summed E-state index contributed by atoms with van der Waals surface area (Å²) in [6, 6.07) is 5.88. The van der Waals surface area contributed by atoms with E-state index < -0.39 is 0 Å². The maximum absolute atomic E-state index is 5.97. The summed E-state index contributed by atoms with van der Waals surface area (Å²) in [4.78, 5) is 0. The molecule has 0 aliphatic heterocycles. The summed E-state index contributed by atoms with van der Waals surface area (Å²) in [6.45, 7) is 4.91. The molecule has 0 bridgehead atoms. The largest absolute Gasteiger partial charge is 0.314 e. The van der Waals surface area contributed by atoms with Crippen LogP contribution >= 0.6 is 11.6 Å². The van der Waals surface area contributed by atoms with Crippen LogP contribution in [0.4, 0.5) is 0 Å². The van der Waals surface area contributed by atoms with Gasteiger partial charge in [-0.25, -0.2) is 0 Å². The lowest BCUT2D eigenvalue weighted by molar-refractivity contribution is 0.767. The first-order valence-corrected chi connectivity index (χ1v) is 5.24. The Morgan fingerprint density at radius 3 is 2.87 bits per heavy atom. The number of halogens is 1. The number of aromatic nitrogens is 3. The van der Waals surface area contributed by atoms with Gasteiger partial charge in [0, 0.05) is 17.1 Å². The van der Waals surface area contributed by atoms with E-state index in [1.54, 1.807) is 6.33 Å². The van der Waals surface area contributed by atoms with Crippen LogP contribution in [0.2, 0.25) is 5.02 Å². The third-order valence-corrected chi connectivity index (χ3v) is 2.80. The Labute approximate surface area is 93.7 Å². The van der Waals surface area contributed by atoms with Crippen molar-refractivity contribution in [3.63, 3.8) is 0 Å². The first-order chi connectivity index (χ1) is 7.22. The number of rotatable bonds is 2. The maximum atomic E-state index is 5.97. The highest BCUT2D eigenvalue weighted by atomic mass is 35.5. The Morgan fingerprint density at radius 2 is 2.20 bits per heavy atom. The molecule has 3 nitrogen and oxygen atoms in total. The van der Waals surface area contributed by atoms with Crippen molar-refractivity contribution in [2.24, 2.45) is 0 Å². The Balaban J connectivity index is 2.50. The van der Waals surface area contributed by atoms with Gasteiger partial charge in [-0.05, 0) is 37.6 Å². The molecule has 1 heterocycles. The average molecular weight is 222 g/mol. The Kier molecular flexibility index (Phi) is 2.73. The van der Waals surface area contributed by atoms with Gasteiger partial charge in [-0.3, -0.25) is 0 Å². The molecule has 0 aliphatic carbocycles. The van der Waals surface area contributed by atoms with E-state index in [0.717, 1.165) is 28.5 Å². The summed E-state index contributed by atoms with van der Waals surface area (Å²) in [5, 5.41) is 8.78. The molecular weight excluding hydrogens is 210 g/mol. The molecule has 2 rings (SSSR count). The van der Waals surface area contributed by atoms with Crippen molar-refractivity contribution < 1.29 is 0 Å². The van der Waals surface area contributed by atoms with E-state index >= 15 is 0 Å². The first kappa shape index (κ1) is 10.2. The van der Waals surface area contributed by atoms with E-state index in [1.807, 2.05) is 29.7 Å². The van der Waals surface area contributed by atoms with Gasteiger partial charge in [0.05, 0.1) is 0 Å². The minimum Gasteiger partial charge on any atom is -0.314 e. The van der Waals surface area contributed by atoms with E-state index in [2.05, 4.69) is 17.1 Å². The van der Waals surface area contributed by atoms with Crippen molar-refractivity contribution in [3.05, 3.63) is 35.1 Å². The van der Waals surface area contributed by atoms with E-state index in [9.17, 15) is 0 Å². The Hall–Kier alpha value is -1.35. The SMILES string of the molecule is CCn1cnnc1-c1ccc(Cl)c(C)c1. The second-order valence-electron chi connectivity index (χ2n) is 3.40. The van der Waals surface area contributed by atoms with E-state index in [0.29, 0.717) is 0 Å². The van der Waals surface area contributed by atoms with Crippen molar-refractivity contribution in [1.29, 1.82) is 0 Å². The van der Waals surface area contributed by atoms with Gasteiger partial charge in [0.15, 0.2) is 5.82 Å². The van der Waals surface area contributed by atoms with E-state index in [-0.39, 0.29) is 0 Å². The second kappa shape index (κ2) is 4.03. The minimum absolute atomic E-state index is 0.779. The van der Waals surface area contributed by atoms with Gasteiger partial charge in [-0.2, -0.15) is 0 Å². The van der Waals surface area contributed by atoms with Crippen LogP contribution in [-0.4, -0.2) is 14.8 Å². The molecule has 0 unspecified atom stereocenters. The summed E-state index contributed by atoms with van der Waals surface area (Å²) >= 11 is 5.97. The highest BCUT2D eigenvalue weighted by Crippen LogP contribution is 2.22. The standard InChI is InChI=1S/C11H12ClN3/c1-3-15-7-13-14-11(15)9-4-5-10(12)8(2)6-9/h4-7H,3H2,1-2H3. The van der Waals surface area contributed by atoms with Gasteiger partial charge in [0.2, 0.25) is 0 Å². The predicted octanol–water partition coefficient (Wildman–Crippen LogP) is 2.93. The molecule has 78 valence electrons. The molecule has 0 atom stereocenters. The zero-order valence-electron chi connectivity index (χ0n) is 8.74. The van der Waals surface area contributed by atoms with Crippen molar-refractivity contribution in [3.8, 4) is 11.4 Å². The maximum Gasteiger partial charge on any atom is 0.163 e. The highest BCUT2D eigenvalue weighted by molar-refractivity contribution is 6.31. The zero-order chi connectivity index (χ0) is 10.8. The third-order valence-electron chi connectivity index (χ3n) is 2.37. The molecule has 0 amide bonds. The van der Waals surface area contributed by atoms with Crippen LogP contribution in [-0.2, 0) is 6.54 Å². The quantitative estimate of drug-likeness (QED) is 0.781. The van der Waals surface area contributed by atoms with Crippen LogP contribution in [0.5, 0.6) is 0 Å². The lowest BCUT2D eigenvalue weighted by atomic mass is 10.1. The fraction of sp³-hybridized carbons (Fsp3) is 0.273. The molecule has 4 heteroatoms. The average Bonchev–Trinajstić information content (AvgIpc) is 2.70. The van der Waals surface area contributed by atoms with Crippen molar-refractivity contribution in [2.45, 2.75) is 20.4 Å². The van der Waals surface area contributed by atoms with E-state index in [4.69, 9.17) is 11.6 Å². The molecule has 0 radical (unpaired) electrons. The molecule has 0 saturated carbocycles. The molecule has 0 fully saturated rings. The first-order valence-electron chi connectivity index (χ1n) is 4.86. The molecule has 0 saturated heterocycles. The summed E-state index contributed by atoms with van der Waals surface area (Å²) in [7, 11) is 0. The predicted molar refractivity (Wildman–Crippen MR) is 60.9 cm³/mol. The van der Waals surface area contributed by atoms with Crippen LogP contribution in [0.25, 0.3) is 11.4 Å². The Morgan fingerprint density at radius 1 is 1.40 bits per heavy atom. The normalized spacial score (nSPS) is 10.6. The molecule has 2 aromatic rings. The van der Waals surface area contributed by atoms with Crippen molar-refractivity contribution >= 4 is 11.6 Å². The highest BCUT2D eigenvalue weighted by Gasteiger charge is 2.06. The molecule has 0 N–H and O–H groups in total. The number of nitrogens with zero attached hydrogens (tertiary/aromatic N) is 3. The number of hydrogen-bond donors (Lipinski definition) is 0. The lowest BCUT2D eigenvalue weighted by Crippen LogP contribution is -1.96. The van der Waals surface area contributed by atoms with Gasteiger partial charge in [-0.15, -0.1) is 10.2 Å². The molecule has 1 aromatic heterocycles. The van der Waals surface area contributed by atoms with Crippen molar-refractivity contribution in [2.75, 3.05) is 0 Å². The fourth-order valence-corrected chi connectivity index (χ4v) is 1.61. The van der Waals surface area contributed by atoms with Gasteiger partial charge in [-0.1, -0.05) is 11.6 Å². The smallest absolute Gasteiger partial charge is 0.163 e. The molecule has 0 spiro atoms. The van der Waals surface area contributed by atoms with Crippen LogP contribution in [0.1, 0.15) is 12.5 Å². The summed E-state index contributed by atoms with van der Waals surface area (Å²) in [5.74, 6) is 0.886. The summed E-state index contributed by atoms with van der Waals surface area (Å²) in [5.41, 5.74) is 2.11. The molecule has 15 heavy (non-hydrogen) atoms. The summed E-state index contributed by atoms with van der Waals surface area (Å²) < 4.78 is 2.00. The van der Waals surface area contributed by atoms with E-state index in [1.165, 1.54) is 0 Å². The second-order valence-corrected chi connectivity index (χ2v) is 3.81. The van der Waals surface area contributed by atoms with Crippen molar-refractivity contribution in [1.82, 2.24) is 14.8 Å². The number of aryl methyl sites for hydroxylation is 2. The molecule has 0 aliphatic rings. The third kappa shape index (κ3) is 1.88. The Bertz CT molecular complexity index is 476. The molecule has 1 aromatic carbocycles. The lowest BCUT2D eigenvalue weighted by Gasteiger charge is -2.04. The number of benzene rings is 1. The van der Waals surface area contributed by atoms with Gasteiger partial charge in [0.25, 0.3) is 0 Å². The molecular formula is C11H12ClN3. The fourth-order valence-electron chi connectivity index (χ4n) is 1.49. The van der Waals surface area contributed by atoms with Crippen LogP contribution in [0.15, 0.2) is 24.5 Å². The number of hydrogen-bond acceptors (Lipinski definition) is 2. The van der Waals surface area contributed by atoms with Gasteiger partial charge in [0.1, 0.15) is 6.33 Å². The topological polar surface area (TPSA) is 30.7 Å². The van der Waals surface area contributed by atoms with Gasteiger partial charge >= 0.3 is 0 Å². The van der Waals surface area contributed by atoms with Crippen LogP contribution < -0.4 is 0 Å². The van der Waals surface area contributed by atoms with Crippen LogP contribution in [0.3, 0.4) is 0 Å².